The predicted octanol–water partition coefficient (Wildman–Crippen LogP) is 4.15. The first-order valence-electron chi connectivity index (χ1n) is 7.34. The largest absolute Gasteiger partial charge is 0.496 e. The number of aliphatic hydroxyl groups is 1. The van der Waals surface area contributed by atoms with Crippen molar-refractivity contribution in [3.8, 4) is 17.1 Å². The average Bonchev–Trinajstić information content (AvgIpc) is 3.03. The standard InChI is InChI=1S/C19H15NO3/c1-22-18-8-13-9-20-10-16(15(13)6-14(18)11-21)19-7-12-4-2-3-5-17(12)23-19/h2-10,21H,11H2,1H3. The van der Waals surface area contributed by atoms with Crippen molar-refractivity contribution in [2.24, 2.45) is 0 Å². The van der Waals surface area contributed by atoms with Crippen molar-refractivity contribution in [3.05, 3.63) is 60.4 Å². The molecule has 0 saturated heterocycles. The second kappa shape index (κ2) is 5.41. The molecule has 0 aliphatic carbocycles. The van der Waals surface area contributed by atoms with Gasteiger partial charge in [0.1, 0.15) is 17.1 Å². The van der Waals surface area contributed by atoms with E-state index in [1.54, 1.807) is 19.5 Å². The van der Waals surface area contributed by atoms with Gasteiger partial charge in [0.05, 0.1) is 13.7 Å². The number of benzene rings is 2. The molecule has 4 nitrogen and oxygen atoms in total. The fourth-order valence-corrected chi connectivity index (χ4v) is 2.87. The van der Waals surface area contributed by atoms with Crippen molar-refractivity contribution in [1.29, 1.82) is 0 Å². The first-order chi connectivity index (χ1) is 11.3. The molecule has 2 aromatic heterocycles. The Morgan fingerprint density at radius 3 is 2.74 bits per heavy atom. The van der Waals surface area contributed by atoms with Crippen LogP contribution in [0.3, 0.4) is 0 Å². The van der Waals surface area contributed by atoms with Crippen molar-refractivity contribution < 1.29 is 14.3 Å². The summed E-state index contributed by atoms with van der Waals surface area (Å²) >= 11 is 0. The van der Waals surface area contributed by atoms with E-state index in [1.165, 1.54) is 0 Å². The molecule has 0 saturated carbocycles. The highest BCUT2D eigenvalue weighted by atomic mass is 16.5. The van der Waals surface area contributed by atoms with Crippen molar-refractivity contribution in [3.63, 3.8) is 0 Å². The molecule has 0 aliphatic rings. The second-order valence-corrected chi connectivity index (χ2v) is 5.38. The summed E-state index contributed by atoms with van der Waals surface area (Å²) < 4.78 is 11.3. The molecule has 1 N–H and O–H groups in total. The second-order valence-electron chi connectivity index (χ2n) is 5.38. The molecule has 0 aliphatic heterocycles. The van der Waals surface area contributed by atoms with E-state index in [1.807, 2.05) is 42.5 Å². The lowest BCUT2D eigenvalue weighted by Gasteiger charge is -2.10. The van der Waals surface area contributed by atoms with Gasteiger partial charge in [-0.1, -0.05) is 18.2 Å². The third-order valence-corrected chi connectivity index (χ3v) is 4.02. The van der Waals surface area contributed by atoms with E-state index in [-0.39, 0.29) is 6.61 Å². The van der Waals surface area contributed by atoms with Crippen LogP contribution < -0.4 is 4.74 Å². The molecule has 2 heterocycles. The highest BCUT2D eigenvalue weighted by Gasteiger charge is 2.13. The van der Waals surface area contributed by atoms with Crippen LogP contribution in [-0.2, 0) is 6.61 Å². The van der Waals surface area contributed by atoms with Gasteiger partial charge in [0.25, 0.3) is 0 Å². The minimum atomic E-state index is -0.0823. The molecule has 23 heavy (non-hydrogen) atoms. The number of rotatable bonds is 3. The molecule has 0 spiro atoms. The number of fused-ring (bicyclic) bond motifs is 2. The zero-order valence-electron chi connectivity index (χ0n) is 12.6. The molecule has 4 aromatic rings. The topological polar surface area (TPSA) is 55.5 Å². The minimum absolute atomic E-state index is 0.0823. The van der Waals surface area contributed by atoms with Crippen LogP contribution in [0.5, 0.6) is 5.75 Å². The van der Waals surface area contributed by atoms with Gasteiger partial charge in [0, 0.05) is 34.3 Å². The first-order valence-corrected chi connectivity index (χ1v) is 7.34. The van der Waals surface area contributed by atoms with E-state index in [4.69, 9.17) is 9.15 Å². The number of hydrogen-bond acceptors (Lipinski definition) is 4. The number of para-hydroxylation sites is 1. The molecule has 0 unspecified atom stereocenters. The van der Waals surface area contributed by atoms with E-state index in [2.05, 4.69) is 4.98 Å². The molecule has 2 aromatic carbocycles. The molecule has 114 valence electrons. The van der Waals surface area contributed by atoms with Gasteiger partial charge in [0.2, 0.25) is 0 Å². The van der Waals surface area contributed by atoms with Crippen LogP contribution in [0.1, 0.15) is 5.56 Å². The van der Waals surface area contributed by atoms with Crippen molar-refractivity contribution in [1.82, 2.24) is 4.98 Å². The number of aromatic nitrogens is 1. The Balaban J connectivity index is 1.99. The van der Waals surface area contributed by atoms with Crippen LogP contribution in [0.15, 0.2) is 59.3 Å². The Bertz CT molecular complexity index is 971. The molecule has 0 atom stereocenters. The number of pyridine rings is 1. The van der Waals surface area contributed by atoms with E-state index in [9.17, 15) is 5.11 Å². The lowest BCUT2D eigenvalue weighted by molar-refractivity contribution is 0.274. The van der Waals surface area contributed by atoms with E-state index in [0.29, 0.717) is 5.75 Å². The Morgan fingerprint density at radius 2 is 1.96 bits per heavy atom. The van der Waals surface area contributed by atoms with Gasteiger partial charge in [-0.25, -0.2) is 0 Å². The molecule has 0 amide bonds. The van der Waals surface area contributed by atoms with Crippen LogP contribution in [-0.4, -0.2) is 17.2 Å². The van der Waals surface area contributed by atoms with Crippen molar-refractivity contribution in [2.45, 2.75) is 6.61 Å². The molecular weight excluding hydrogens is 290 g/mol. The average molecular weight is 305 g/mol. The van der Waals surface area contributed by atoms with Crippen LogP contribution in [0.4, 0.5) is 0 Å². The highest BCUT2D eigenvalue weighted by Crippen LogP contribution is 2.35. The third-order valence-electron chi connectivity index (χ3n) is 4.02. The summed E-state index contributed by atoms with van der Waals surface area (Å²) in [7, 11) is 1.59. The number of hydrogen-bond donors (Lipinski definition) is 1. The van der Waals surface area contributed by atoms with Crippen LogP contribution >= 0.6 is 0 Å². The summed E-state index contributed by atoms with van der Waals surface area (Å²) in [6.07, 6.45) is 3.57. The van der Waals surface area contributed by atoms with Crippen molar-refractivity contribution in [2.75, 3.05) is 7.11 Å². The van der Waals surface area contributed by atoms with E-state index in [0.717, 1.165) is 38.6 Å². The molecule has 4 rings (SSSR count). The lowest BCUT2D eigenvalue weighted by Crippen LogP contribution is -1.93. The quantitative estimate of drug-likeness (QED) is 0.618. The zero-order valence-corrected chi connectivity index (χ0v) is 12.6. The molecule has 0 fully saturated rings. The first kappa shape index (κ1) is 13.8. The van der Waals surface area contributed by atoms with Crippen LogP contribution in [0.2, 0.25) is 0 Å². The zero-order chi connectivity index (χ0) is 15.8. The maximum atomic E-state index is 9.57. The number of furan rings is 1. The monoisotopic (exact) mass is 305 g/mol. The maximum Gasteiger partial charge on any atom is 0.137 e. The Labute approximate surface area is 133 Å². The minimum Gasteiger partial charge on any atom is -0.496 e. The fraction of sp³-hybridized carbons (Fsp3) is 0.105. The summed E-state index contributed by atoms with van der Waals surface area (Å²) in [5.41, 5.74) is 2.48. The molecule has 0 bridgehead atoms. The van der Waals surface area contributed by atoms with Gasteiger partial charge in [-0.3, -0.25) is 4.98 Å². The smallest absolute Gasteiger partial charge is 0.137 e. The van der Waals surface area contributed by atoms with Crippen LogP contribution in [0.25, 0.3) is 33.1 Å². The van der Waals surface area contributed by atoms with Gasteiger partial charge in [-0.15, -0.1) is 0 Å². The van der Waals surface area contributed by atoms with Gasteiger partial charge in [-0.2, -0.15) is 0 Å². The third kappa shape index (κ3) is 2.24. The summed E-state index contributed by atoms with van der Waals surface area (Å²) in [6, 6.07) is 13.7. The SMILES string of the molecule is COc1cc2cncc(-c3cc4ccccc4o3)c2cc1CO. The summed E-state index contributed by atoms with van der Waals surface area (Å²) in [6.45, 7) is -0.0823. The maximum absolute atomic E-state index is 9.57. The Kier molecular flexibility index (Phi) is 3.24. The number of methoxy groups -OCH3 is 1. The molecular formula is C19H15NO3. The van der Waals surface area contributed by atoms with E-state index >= 15 is 0 Å². The normalized spacial score (nSPS) is 11.2. The molecule has 0 radical (unpaired) electrons. The summed E-state index contributed by atoms with van der Waals surface area (Å²) in [5.74, 6) is 1.42. The predicted molar refractivity (Wildman–Crippen MR) is 89.4 cm³/mol. The molecule has 4 heteroatoms. The van der Waals surface area contributed by atoms with E-state index < -0.39 is 0 Å². The van der Waals surface area contributed by atoms with Crippen molar-refractivity contribution >= 4 is 21.7 Å². The number of ether oxygens (including phenoxy) is 1. The van der Waals surface area contributed by atoms with Gasteiger partial charge in [-0.05, 0) is 29.7 Å². The number of aliphatic hydroxyl groups excluding tert-OH is 1. The summed E-state index contributed by atoms with van der Waals surface area (Å²) in [5, 5.41) is 12.5. The highest BCUT2D eigenvalue weighted by molar-refractivity contribution is 5.97. The lowest BCUT2D eigenvalue weighted by atomic mass is 10.0. The van der Waals surface area contributed by atoms with Gasteiger partial charge >= 0.3 is 0 Å². The van der Waals surface area contributed by atoms with Crippen LogP contribution in [0, 0.1) is 0 Å². The number of nitrogens with zero attached hydrogens (tertiary/aromatic N) is 1. The Morgan fingerprint density at radius 1 is 1.09 bits per heavy atom. The fourth-order valence-electron chi connectivity index (χ4n) is 2.87. The Hall–Kier alpha value is -2.85. The van der Waals surface area contributed by atoms with Gasteiger partial charge < -0.3 is 14.3 Å². The summed E-state index contributed by atoms with van der Waals surface area (Å²) in [4.78, 5) is 4.31. The van der Waals surface area contributed by atoms with Gasteiger partial charge in [0.15, 0.2) is 0 Å².